The molecule has 0 N–H and O–H groups in total. The largest absolute Gasteiger partial charge is 0.457 e. The van der Waals surface area contributed by atoms with Crippen molar-refractivity contribution < 1.29 is 23.9 Å². The minimum Gasteiger partial charge on any atom is -0.457 e. The number of carbonyl (C=O) groups is 2. The average molecular weight is 465 g/mol. The number of hydrogen-bond acceptors (Lipinski definition) is 8. The van der Waals surface area contributed by atoms with E-state index in [-0.39, 0.29) is 34.1 Å². The van der Waals surface area contributed by atoms with Gasteiger partial charge in [0.05, 0.1) is 21.3 Å². The quantitative estimate of drug-likeness (QED) is 0.271. The van der Waals surface area contributed by atoms with Crippen molar-refractivity contribution in [3.63, 3.8) is 0 Å². The minimum atomic E-state index is -0.590. The first-order chi connectivity index (χ1) is 15.8. The highest BCUT2D eigenvalue weighted by atomic mass is 32.2. The van der Waals surface area contributed by atoms with Crippen LogP contribution in [0.15, 0.2) is 63.9 Å². The molecule has 0 spiro atoms. The molecule has 0 aliphatic carbocycles. The molecule has 0 atom stereocenters. The monoisotopic (exact) mass is 465 g/mol. The Bertz CT molecular complexity index is 1350. The van der Waals surface area contributed by atoms with Gasteiger partial charge in [0.15, 0.2) is 0 Å². The summed E-state index contributed by atoms with van der Waals surface area (Å²) < 4.78 is 5.75. The van der Waals surface area contributed by atoms with Crippen LogP contribution >= 0.6 is 11.8 Å². The van der Waals surface area contributed by atoms with Gasteiger partial charge in [0.25, 0.3) is 22.5 Å². The van der Waals surface area contributed by atoms with Crippen LogP contribution in [-0.2, 0) is 11.3 Å². The van der Waals surface area contributed by atoms with Crippen molar-refractivity contribution in [2.45, 2.75) is 13.5 Å². The number of amides is 2. The molecule has 1 aromatic heterocycles. The van der Waals surface area contributed by atoms with Crippen molar-refractivity contribution in [1.29, 1.82) is 0 Å². The lowest BCUT2D eigenvalue weighted by molar-refractivity contribution is -0.385. The van der Waals surface area contributed by atoms with Crippen LogP contribution in [-0.4, -0.2) is 25.9 Å². The molecular formula is C22H15N3O7S. The number of furan rings is 1. The Morgan fingerprint density at radius 1 is 0.970 bits per heavy atom. The molecule has 0 saturated carbocycles. The molecule has 2 amide bonds. The molecule has 166 valence electrons. The van der Waals surface area contributed by atoms with Crippen molar-refractivity contribution in [3.05, 3.63) is 96.6 Å². The van der Waals surface area contributed by atoms with Crippen LogP contribution < -0.4 is 0 Å². The molecule has 2 aromatic carbocycles. The molecular weight excluding hydrogens is 450 g/mol. The first-order valence-corrected chi connectivity index (χ1v) is 10.4. The topological polar surface area (TPSA) is 137 Å². The lowest BCUT2D eigenvalue weighted by Crippen LogP contribution is -2.27. The highest BCUT2D eigenvalue weighted by Gasteiger charge is 2.36. The van der Waals surface area contributed by atoms with Gasteiger partial charge in [-0.05, 0) is 30.8 Å². The van der Waals surface area contributed by atoms with Gasteiger partial charge in [-0.1, -0.05) is 30.3 Å². The second-order valence-electron chi connectivity index (χ2n) is 7.06. The second-order valence-corrected chi connectivity index (χ2v) is 8.06. The number of para-hydroxylation sites is 1. The summed E-state index contributed by atoms with van der Waals surface area (Å²) in [7, 11) is 0. The molecule has 0 unspecified atom stereocenters. The summed E-state index contributed by atoms with van der Waals surface area (Å²) in [5.41, 5.74) is 0.999. The van der Waals surface area contributed by atoms with E-state index in [1.165, 1.54) is 30.3 Å². The molecule has 11 heteroatoms. The van der Waals surface area contributed by atoms with Gasteiger partial charge in [0.2, 0.25) is 0 Å². The predicted octanol–water partition coefficient (Wildman–Crippen LogP) is 5.31. The summed E-state index contributed by atoms with van der Waals surface area (Å²) in [6.45, 7) is 1.39. The molecule has 4 rings (SSSR count). The molecule has 0 radical (unpaired) electrons. The number of hydrogen-bond donors (Lipinski definition) is 0. The summed E-state index contributed by atoms with van der Waals surface area (Å²) >= 11 is 0.704. The number of nitro benzene ring substituents is 2. The SMILES string of the molecule is Cc1c(-c2ccc(C=C3SC(=O)N(Cc4ccccc4[N+](=O)[O-])C3=O)o2)cccc1[N+](=O)[O-]. The van der Waals surface area contributed by atoms with E-state index in [1.807, 2.05) is 0 Å². The van der Waals surface area contributed by atoms with Crippen LogP contribution in [0.25, 0.3) is 17.4 Å². The van der Waals surface area contributed by atoms with Crippen LogP contribution in [0.3, 0.4) is 0 Å². The highest BCUT2D eigenvalue weighted by Crippen LogP contribution is 2.36. The van der Waals surface area contributed by atoms with E-state index in [1.54, 1.807) is 37.3 Å². The van der Waals surface area contributed by atoms with Crippen LogP contribution in [0.5, 0.6) is 0 Å². The van der Waals surface area contributed by atoms with Crippen LogP contribution in [0.2, 0.25) is 0 Å². The van der Waals surface area contributed by atoms with Gasteiger partial charge in [-0.25, -0.2) is 0 Å². The molecule has 3 aromatic rings. The maximum absolute atomic E-state index is 12.8. The highest BCUT2D eigenvalue weighted by molar-refractivity contribution is 8.18. The Kier molecular flexibility index (Phi) is 5.80. The number of nitrogens with zero attached hydrogens (tertiary/aromatic N) is 3. The molecule has 0 bridgehead atoms. The average Bonchev–Trinajstić information content (AvgIpc) is 3.34. The summed E-state index contributed by atoms with van der Waals surface area (Å²) in [5, 5.41) is 21.8. The number of benzene rings is 2. The Labute approximate surface area is 190 Å². The lowest BCUT2D eigenvalue weighted by atomic mass is 10.1. The van der Waals surface area contributed by atoms with Crippen LogP contribution in [0.4, 0.5) is 16.2 Å². The fraction of sp³-hybridized carbons (Fsp3) is 0.0909. The Balaban J connectivity index is 1.58. The lowest BCUT2D eigenvalue weighted by Gasteiger charge is -2.12. The molecule has 1 saturated heterocycles. The third kappa shape index (κ3) is 4.26. The number of imide groups is 1. The van der Waals surface area contributed by atoms with Crippen molar-refractivity contribution >= 4 is 40.4 Å². The standard InChI is InChI=1S/C22H15N3O7S/c1-13-16(6-4-8-17(13)24(28)29)19-10-9-15(32-19)11-20-21(26)23(22(27)33-20)12-14-5-2-3-7-18(14)25(30)31/h2-11H,12H2,1H3. The number of nitro groups is 2. The summed E-state index contributed by atoms with van der Waals surface area (Å²) in [4.78, 5) is 47.6. The summed E-state index contributed by atoms with van der Waals surface area (Å²) in [6, 6.07) is 13.7. The van der Waals surface area contributed by atoms with E-state index in [4.69, 9.17) is 4.42 Å². The smallest absolute Gasteiger partial charge is 0.293 e. The van der Waals surface area contributed by atoms with E-state index in [0.29, 0.717) is 28.6 Å². The fourth-order valence-electron chi connectivity index (χ4n) is 3.42. The number of rotatable bonds is 6. The van der Waals surface area contributed by atoms with Crippen molar-refractivity contribution in [3.8, 4) is 11.3 Å². The van der Waals surface area contributed by atoms with Crippen LogP contribution in [0, 0.1) is 27.2 Å². The van der Waals surface area contributed by atoms with E-state index in [9.17, 15) is 29.8 Å². The molecule has 1 fully saturated rings. The van der Waals surface area contributed by atoms with Gasteiger partial charge < -0.3 is 4.42 Å². The first kappa shape index (κ1) is 22.0. The molecule has 2 heterocycles. The van der Waals surface area contributed by atoms with Gasteiger partial charge >= 0.3 is 0 Å². The number of thioether (sulfide) groups is 1. The van der Waals surface area contributed by atoms with Gasteiger partial charge in [-0.15, -0.1) is 0 Å². The molecule has 1 aliphatic rings. The number of carbonyl (C=O) groups excluding carboxylic acids is 2. The normalized spacial score (nSPS) is 14.8. The zero-order valence-electron chi connectivity index (χ0n) is 17.1. The maximum Gasteiger partial charge on any atom is 0.293 e. The molecule has 10 nitrogen and oxygen atoms in total. The third-order valence-electron chi connectivity index (χ3n) is 5.06. The van der Waals surface area contributed by atoms with Crippen molar-refractivity contribution in [2.75, 3.05) is 0 Å². The third-order valence-corrected chi connectivity index (χ3v) is 5.97. The maximum atomic E-state index is 12.8. The zero-order chi connectivity index (χ0) is 23.7. The Morgan fingerprint density at radius 3 is 2.39 bits per heavy atom. The van der Waals surface area contributed by atoms with Gasteiger partial charge in [0, 0.05) is 34.9 Å². The molecule has 33 heavy (non-hydrogen) atoms. The fourth-order valence-corrected chi connectivity index (χ4v) is 4.24. The van der Waals surface area contributed by atoms with Crippen LogP contribution in [0.1, 0.15) is 16.9 Å². The van der Waals surface area contributed by atoms with Crippen molar-refractivity contribution in [2.24, 2.45) is 0 Å². The van der Waals surface area contributed by atoms with Crippen molar-refractivity contribution in [1.82, 2.24) is 4.90 Å². The van der Waals surface area contributed by atoms with E-state index >= 15 is 0 Å². The Hall–Kier alpha value is -4.25. The van der Waals surface area contributed by atoms with Gasteiger partial charge in [-0.2, -0.15) is 0 Å². The summed E-state index contributed by atoms with van der Waals surface area (Å²) in [6.07, 6.45) is 1.40. The van der Waals surface area contributed by atoms with Gasteiger partial charge in [-0.3, -0.25) is 34.7 Å². The summed E-state index contributed by atoms with van der Waals surface area (Å²) in [5.74, 6) is 0.0707. The first-order valence-electron chi connectivity index (χ1n) is 9.58. The Morgan fingerprint density at radius 2 is 1.67 bits per heavy atom. The second kappa shape index (κ2) is 8.71. The minimum absolute atomic E-state index is 0.0402. The predicted molar refractivity (Wildman–Crippen MR) is 120 cm³/mol. The van der Waals surface area contributed by atoms with E-state index in [2.05, 4.69) is 0 Å². The van der Waals surface area contributed by atoms with E-state index in [0.717, 1.165) is 4.90 Å². The van der Waals surface area contributed by atoms with E-state index < -0.39 is 21.0 Å². The van der Waals surface area contributed by atoms with Gasteiger partial charge in [0.1, 0.15) is 11.5 Å². The molecule has 1 aliphatic heterocycles. The zero-order valence-corrected chi connectivity index (χ0v) is 17.9.